The highest BCUT2D eigenvalue weighted by molar-refractivity contribution is 6.32. The molecule has 10 heteroatoms. The Bertz CT molecular complexity index is 957. The number of hydrogen-bond donors (Lipinski definition) is 0. The Morgan fingerprint density at radius 2 is 1.94 bits per heavy atom. The predicted molar refractivity (Wildman–Crippen MR) is 104 cm³/mol. The van der Waals surface area contributed by atoms with Crippen LogP contribution < -0.4 is 4.74 Å². The highest BCUT2D eigenvalue weighted by Gasteiger charge is 2.52. The monoisotopic (exact) mass is 458 g/mol. The molecule has 0 N–H and O–H groups in total. The Kier molecular flexibility index (Phi) is 5.83. The molecular formula is C21H19ClF4N2O3. The van der Waals surface area contributed by atoms with Gasteiger partial charge in [0, 0.05) is 24.2 Å². The van der Waals surface area contributed by atoms with Gasteiger partial charge in [-0.25, -0.2) is 9.37 Å². The third-order valence-electron chi connectivity index (χ3n) is 5.88. The molecule has 5 rings (SSSR count). The van der Waals surface area contributed by atoms with E-state index in [0.29, 0.717) is 6.54 Å². The number of rotatable bonds is 6. The van der Waals surface area contributed by atoms with E-state index in [-0.39, 0.29) is 46.3 Å². The van der Waals surface area contributed by atoms with Crippen molar-refractivity contribution in [2.45, 2.75) is 37.1 Å². The smallest absolute Gasteiger partial charge is 0.474 e. The zero-order valence-electron chi connectivity index (χ0n) is 16.3. The minimum atomic E-state index is -4.74. The zero-order chi connectivity index (χ0) is 22.2. The number of fused-ring (bicyclic) bond motifs is 2. The van der Waals surface area contributed by atoms with Gasteiger partial charge in [0.05, 0.1) is 12.2 Å². The Balaban J connectivity index is 1.35. The maximum atomic E-state index is 13.2. The van der Waals surface area contributed by atoms with E-state index < -0.39 is 13.0 Å². The average Bonchev–Trinajstić information content (AvgIpc) is 2.70. The summed E-state index contributed by atoms with van der Waals surface area (Å²) in [6, 6.07) is 8.02. The van der Waals surface area contributed by atoms with Crippen LogP contribution >= 0.6 is 11.6 Å². The second-order valence-corrected chi connectivity index (χ2v) is 8.16. The lowest BCUT2D eigenvalue weighted by atomic mass is 9.57. The molecule has 31 heavy (non-hydrogen) atoms. The molecule has 3 heterocycles. The van der Waals surface area contributed by atoms with E-state index in [9.17, 15) is 22.4 Å². The number of halogens is 5. The summed E-state index contributed by atoms with van der Waals surface area (Å²) in [6.07, 6.45) is -1.03. The minimum absolute atomic E-state index is 0.0127. The molecule has 1 aromatic heterocycles. The number of ether oxygens (including phenoxy) is 2. The summed E-state index contributed by atoms with van der Waals surface area (Å²) in [5.41, 5.74) is 1.37. The van der Waals surface area contributed by atoms with Crippen LogP contribution in [0.3, 0.4) is 0 Å². The van der Waals surface area contributed by atoms with E-state index in [1.54, 1.807) is 4.90 Å². The SMILES string of the molecule is O=C(c1cnc(OCCOC(F)(F)F)c(Cl)c1)N1CCC2(c3ccc(F)cc3)CC1C2. The predicted octanol–water partition coefficient (Wildman–Crippen LogP) is 4.74. The number of benzene rings is 1. The van der Waals surface area contributed by atoms with Gasteiger partial charge in [-0.2, -0.15) is 0 Å². The fourth-order valence-electron chi connectivity index (χ4n) is 4.34. The summed E-state index contributed by atoms with van der Waals surface area (Å²) in [4.78, 5) is 18.7. The first kappa shape index (κ1) is 21.8. The highest BCUT2D eigenvalue weighted by Crippen LogP contribution is 2.52. The summed E-state index contributed by atoms with van der Waals surface area (Å²) in [7, 11) is 0. The van der Waals surface area contributed by atoms with Crippen molar-refractivity contribution in [3.05, 3.63) is 58.5 Å². The third kappa shape index (κ3) is 4.62. The summed E-state index contributed by atoms with van der Waals surface area (Å²) >= 11 is 6.09. The fraction of sp³-hybridized carbons (Fsp3) is 0.429. The standard InChI is InChI=1S/C21H19ClF4N2O3/c22-17-9-13(12-27-18(17)30-7-8-31-21(24,25)26)19(29)28-6-5-20(10-16(28)11-20)14-1-3-15(23)4-2-14/h1-4,9,12,16H,5-8,10-11H2. The largest absolute Gasteiger partial charge is 0.522 e. The number of piperidine rings is 2. The number of alkyl halides is 3. The van der Waals surface area contributed by atoms with Crippen molar-refractivity contribution in [2.75, 3.05) is 19.8 Å². The van der Waals surface area contributed by atoms with Crippen LogP contribution in [0, 0.1) is 5.82 Å². The summed E-state index contributed by atoms with van der Waals surface area (Å²) < 4.78 is 57.8. The van der Waals surface area contributed by atoms with E-state index in [1.807, 2.05) is 12.1 Å². The molecule has 0 atom stereocenters. The number of pyridine rings is 1. The second kappa shape index (κ2) is 8.27. The first-order valence-electron chi connectivity index (χ1n) is 9.73. The normalized spacial score (nSPS) is 22.7. The van der Waals surface area contributed by atoms with Gasteiger partial charge < -0.3 is 9.64 Å². The van der Waals surface area contributed by atoms with Gasteiger partial charge in [-0.1, -0.05) is 23.7 Å². The van der Waals surface area contributed by atoms with Gasteiger partial charge in [-0.05, 0) is 43.0 Å². The molecule has 2 saturated heterocycles. The average molecular weight is 459 g/mol. The first-order chi connectivity index (χ1) is 14.7. The van der Waals surface area contributed by atoms with Crippen molar-refractivity contribution in [3.63, 3.8) is 0 Å². The maximum Gasteiger partial charge on any atom is 0.522 e. The van der Waals surface area contributed by atoms with Gasteiger partial charge in [-0.15, -0.1) is 13.2 Å². The highest BCUT2D eigenvalue weighted by atomic mass is 35.5. The number of amides is 1. The zero-order valence-corrected chi connectivity index (χ0v) is 17.0. The van der Waals surface area contributed by atoms with Gasteiger partial charge in [0.15, 0.2) is 0 Å². The molecule has 0 spiro atoms. The molecular weight excluding hydrogens is 440 g/mol. The molecule has 166 valence electrons. The molecule has 2 aromatic rings. The van der Waals surface area contributed by atoms with Crippen molar-refractivity contribution in [2.24, 2.45) is 0 Å². The van der Waals surface area contributed by atoms with Crippen LogP contribution in [0.4, 0.5) is 17.6 Å². The van der Waals surface area contributed by atoms with Crippen LogP contribution in [0.2, 0.25) is 5.02 Å². The molecule has 1 aliphatic carbocycles. The number of nitrogens with zero attached hydrogens (tertiary/aromatic N) is 2. The van der Waals surface area contributed by atoms with Crippen molar-refractivity contribution < 1.29 is 31.8 Å². The van der Waals surface area contributed by atoms with Gasteiger partial charge in [-0.3, -0.25) is 9.53 Å². The lowest BCUT2D eigenvalue weighted by molar-refractivity contribution is -0.325. The van der Waals surface area contributed by atoms with Gasteiger partial charge >= 0.3 is 6.36 Å². The molecule has 2 aliphatic heterocycles. The second-order valence-electron chi connectivity index (χ2n) is 7.75. The topological polar surface area (TPSA) is 51.7 Å². The van der Waals surface area contributed by atoms with Gasteiger partial charge in [0.2, 0.25) is 5.88 Å². The lowest BCUT2D eigenvalue weighted by Gasteiger charge is -2.58. The maximum absolute atomic E-state index is 13.2. The molecule has 1 aromatic carbocycles. The molecule has 0 radical (unpaired) electrons. The number of carbonyl (C=O) groups is 1. The van der Waals surface area contributed by atoms with E-state index >= 15 is 0 Å². The molecule has 0 unspecified atom stereocenters. The van der Waals surface area contributed by atoms with Gasteiger partial charge in [0.1, 0.15) is 17.4 Å². The molecule has 1 saturated carbocycles. The first-order valence-corrected chi connectivity index (χ1v) is 10.1. The molecule has 2 bridgehead atoms. The molecule has 3 fully saturated rings. The Hall–Kier alpha value is -2.39. The van der Waals surface area contributed by atoms with Crippen LogP contribution in [0.1, 0.15) is 35.2 Å². The Morgan fingerprint density at radius 1 is 1.23 bits per heavy atom. The molecule has 3 aliphatic rings. The van der Waals surface area contributed by atoms with E-state index in [0.717, 1.165) is 24.8 Å². The summed E-state index contributed by atoms with van der Waals surface area (Å²) in [6.45, 7) is -0.530. The minimum Gasteiger partial charge on any atom is -0.474 e. The number of aromatic nitrogens is 1. The number of hydrogen-bond acceptors (Lipinski definition) is 4. The summed E-state index contributed by atoms with van der Waals surface area (Å²) in [5.74, 6) is -0.548. The lowest BCUT2D eigenvalue weighted by Crippen LogP contribution is -2.61. The van der Waals surface area contributed by atoms with Crippen LogP contribution in [0.25, 0.3) is 0 Å². The van der Waals surface area contributed by atoms with E-state index in [1.165, 1.54) is 24.4 Å². The van der Waals surface area contributed by atoms with Crippen molar-refractivity contribution in [3.8, 4) is 5.88 Å². The summed E-state index contributed by atoms with van der Waals surface area (Å²) in [5, 5.41) is 0.0316. The molecule has 5 nitrogen and oxygen atoms in total. The fourth-order valence-corrected chi connectivity index (χ4v) is 4.57. The Morgan fingerprint density at radius 3 is 2.52 bits per heavy atom. The third-order valence-corrected chi connectivity index (χ3v) is 6.16. The van der Waals surface area contributed by atoms with E-state index in [4.69, 9.17) is 16.3 Å². The quantitative estimate of drug-likeness (QED) is 0.463. The van der Waals surface area contributed by atoms with Crippen molar-refractivity contribution in [1.29, 1.82) is 0 Å². The van der Waals surface area contributed by atoms with Crippen LogP contribution in [-0.2, 0) is 10.2 Å². The van der Waals surface area contributed by atoms with Crippen LogP contribution in [0.15, 0.2) is 36.5 Å². The van der Waals surface area contributed by atoms with Crippen molar-refractivity contribution >= 4 is 17.5 Å². The number of carbonyl (C=O) groups excluding carboxylic acids is 1. The van der Waals surface area contributed by atoms with Crippen molar-refractivity contribution in [1.82, 2.24) is 9.88 Å². The molecule has 1 amide bonds. The van der Waals surface area contributed by atoms with Crippen LogP contribution in [-0.4, -0.2) is 48.0 Å². The van der Waals surface area contributed by atoms with Crippen LogP contribution in [0.5, 0.6) is 5.88 Å². The van der Waals surface area contributed by atoms with E-state index in [2.05, 4.69) is 9.72 Å². The van der Waals surface area contributed by atoms with Gasteiger partial charge in [0.25, 0.3) is 5.91 Å². The Labute approximate surface area is 180 Å².